The number of allylic oxidation sites excluding steroid dienone is 1. The number of fused-ring (bicyclic) bond motifs is 5. The quantitative estimate of drug-likeness (QED) is 0.298. The third-order valence-electron chi connectivity index (χ3n) is 10.3. The highest BCUT2D eigenvalue weighted by Gasteiger charge is 2.63. The minimum Gasteiger partial charge on any atom is -0.483 e. The number of pyridine rings is 1. The maximum absolute atomic E-state index is 14.6. The van der Waals surface area contributed by atoms with Gasteiger partial charge < -0.3 is 24.4 Å². The predicted molar refractivity (Wildman–Crippen MR) is 185 cm³/mol. The highest BCUT2D eigenvalue weighted by Crippen LogP contribution is 2.48. The van der Waals surface area contributed by atoms with Crippen molar-refractivity contribution in [3.8, 4) is 5.75 Å². The highest BCUT2D eigenvalue weighted by atomic mass is 35.5. The van der Waals surface area contributed by atoms with Gasteiger partial charge in [0.05, 0.1) is 35.8 Å². The molecule has 1 saturated carbocycles. The molecule has 1 aliphatic carbocycles. The summed E-state index contributed by atoms with van der Waals surface area (Å²) in [4.78, 5) is 61.8. The summed E-state index contributed by atoms with van der Waals surface area (Å²) in [6.45, 7) is 9.39. The average Bonchev–Trinajstić information content (AvgIpc) is 3.61. The van der Waals surface area contributed by atoms with Crippen molar-refractivity contribution < 1.29 is 33.4 Å². The van der Waals surface area contributed by atoms with E-state index >= 15 is 0 Å². The molecule has 1 aromatic heterocycles. The number of benzene rings is 1. The van der Waals surface area contributed by atoms with Gasteiger partial charge in [-0.1, -0.05) is 48.7 Å². The Kier molecular flexibility index (Phi) is 9.74. The summed E-state index contributed by atoms with van der Waals surface area (Å²) in [5.74, 6) is -1.81. The molecule has 1 spiro atoms. The number of carbonyl (C=O) groups excluding carboxylic acids is 4. The van der Waals surface area contributed by atoms with Crippen molar-refractivity contribution >= 4 is 46.3 Å². The molecule has 0 unspecified atom stereocenters. The van der Waals surface area contributed by atoms with E-state index in [0.717, 1.165) is 42.1 Å². The van der Waals surface area contributed by atoms with Gasteiger partial charge in [-0.2, -0.15) is 0 Å². The van der Waals surface area contributed by atoms with Crippen LogP contribution in [0.25, 0.3) is 10.9 Å². The van der Waals surface area contributed by atoms with Crippen LogP contribution in [-0.2, 0) is 35.1 Å². The Balaban J connectivity index is 1.36. The summed E-state index contributed by atoms with van der Waals surface area (Å²) in [5.41, 5.74) is -0.332. The van der Waals surface area contributed by atoms with Gasteiger partial charge in [-0.15, -0.1) is 0 Å². The van der Waals surface area contributed by atoms with Crippen LogP contribution in [-0.4, -0.2) is 69.6 Å². The lowest BCUT2D eigenvalue weighted by Gasteiger charge is -2.36. The molecule has 264 valence electrons. The van der Waals surface area contributed by atoms with E-state index in [1.807, 2.05) is 31.2 Å². The van der Waals surface area contributed by atoms with E-state index in [2.05, 4.69) is 11.4 Å². The fourth-order valence-corrected chi connectivity index (χ4v) is 8.06. The van der Waals surface area contributed by atoms with Crippen LogP contribution in [0, 0.1) is 18.8 Å². The molecule has 1 N–H and O–H groups in total. The number of carbonyl (C=O) groups is 4. The van der Waals surface area contributed by atoms with Crippen molar-refractivity contribution in [1.29, 1.82) is 0 Å². The summed E-state index contributed by atoms with van der Waals surface area (Å²) in [5, 5.41) is 4.54. The van der Waals surface area contributed by atoms with Gasteiger partial charge in [-0.05, 0) is 79.2 Å². The third-order valence-corrected chi connectivity index (χ3v) is 10.6. The average molecular weight is 694 g/mol. The smallest absolute Gasteiger partial charge is 0.332 e. The van der Waals surface area contributed by atoms with Crippen LogP contribution in [0.4, 0.5) is 0 Å². The molecular weight excluding hydrogens is 646 g/mol. The highest BCUT2D eigenvalue weighted by molar-refractivity contribution is 6.35. The van der Waals surface area contributed by atoms with Crippen LogP contribution in [0.3, 0.4) is 0 Å². The molecule has 1 aromatic carbocycles. The number of para-hydroxylation sites is 1. The van der Waals surface area contributed by atoms with Crippen molar-refractivity contribution in [3.05, 3.63) is 46.6 Å². The number of nitrogens with zero attached hydrogens (tertiary/aromatic N) is 2. The maximum Gasteiger partial charge on any atom is 0.332 e. The summed E-state index contributed by atoms with van der Waals surface area (Å²) < 4.78 is 17.9. The van der Waals surface area contributed by atoms with E-state index in [0.29, 0.717) is 42.1 Å². The Morgan fingerprint density at radius 2 is 1.96 bits per heavy atom. The number of hydrogen-bond acceptors (Lipinski definition) is 8. The van der Waals surface area contributed by atoms with E-state index in [1.54, 1.807) is 32.6 Å². The molecule has 11 heteroatoms. The van der Waals surface area contributed by atoms with E-state index in [1.165, 1.54) is 0 Å². The van der Waals surface area contributed by atoms with Crippen LogP contribution in [0.15, 0.2) is 30.4 Å². The Bertz CT molecular complexity index is 1690. The van der Waals surface area contributed by atoms with Crippen LogP contribution < -0.4 is 10.1 Å². The Morgan fingerprint density at radius 1 is 1.16 bits per heavy atom. The lowest BCUT2D eigenvalue weighted by atomic mass is 9.87. The zero-order chi connectivity index (χ0) is 35.1. The summed E-state index contributed by atoms with van der Waals surface area (Å²) in [6, 6.07) is 4.78. The number of nitrogens with one attached hydrogen (secondary N) is 1. The molecule has 4 heterocycles. The summed E-state index contributed by atoms with van der Waals surface area (Å²) >= 11 is 6.51. The van der Waals surface area contributed by atoms with Crippen LogP contribution >= 0.6 is 11.6 Å². The van der Waals surface area contributed by atoms with Gasteiger partial charge in [-0.3, -0.25) is 14.4 Å². The first-order valence-corrected chi connectivity index (χ1v) is 18.1. The van der Waals surface area contributed by atoms with Gasteiger partial charge >= 0.3 is 11.9 Å². The van der Waals surface area contributed by atoms with Gasteiger partial charge in [0.2, 0.25) is 11.8 Å². The maximum atomic E-state index is 14.6. The third kappa shape index (κ3) is 7.16. The number of aromatic nitrogens is 1. The van der Waals surface area contributed by atoms with Crippen molar-refractivity contribution in [3.63, 3.8) is 0 Å². The first kappa shape index (κ1) is 35.2. The van der Waals surface area contributed by atoms with Crippen LogP contribution in [0.2, 0.25) is 5.02 Å². The fourth-order valence-electron chi connectivity index (χ4n) is 7.84. The van der Waals surface area contributed by atoms with Crippen LogP contribution in [0.1, 0.15) is 96.7 Å². The number of rotatable bonds is 4. The lowest BCUT2D eigenvalue weighted by Crippen LogP contribution is -2.54. The zero-order valence-electron chi connectivity index (χ0n) is 29.2. The number of esters is 2. The largest absolute Gasteiger partial charge is 0.483 e. The normalized spacial score (nSPS) is 29.4. The second kappa shape index (κ2) is 13.6. The van der Waals surface area contributed by atoms with Crippen molar-refractivity contribution in [2.45, 2.75) is 122 Å². The number of hydrogen-bond donors (Lipinski definition) is 1. The second-order valence-corrected chi connectivity index (χ2v) is 15.6. The topological polar surface area (TPSA) is 124 Å². The summed E-state index contributed by atoms with van der Waals surface area (Å²) in [6.07, 6.45) is 9.72. The monoisotopic (exact) mass is 693 g/mol. The molecule has 2 aromatic rings. The van der Waals surface area contributed by atoms with E-state index < -0.39 is 46.5 Å². The molecule has 2 amide bonds. The molecule has 6 rings (SSSR count). The molecule has 3 aliphatic heterocycles. The molecule has 5 atom stereocenters. The van der Waals surface area contributed by atoms with E-state index in [-0.39, 0.29) is 37.8 Å². The molecule has 4 aliphatic rings. The Morgan fingerprint density at radius 3 is 2.71 bits per heavy atom. The molecule has 10 nitrogen and oxygen atoms in total. The van der Waals surface area contributed by atoms with Gasteiger partial charge in [-0.25, -0.2) is 9.78 Å². The molecule has 1 saturated heterocycles. The van der Waals surface area contributed by atoms with Crippen molar-refractivity contribution in [1.82, 2.24) is 15.2 Å². The van der Waals surface area contributed by atoms with Gasteiger partial charge in [0.25, 0.3) is 0 Å². The van der Waals surface area contributed by atoms with E-state index in [4.69, 9.17) is 30.8 Å². The predicted octanol–water partition coefficient (Wildman–Crippen LogP) is 6.17. The second-order valence-electron chi connectivity index (χ2n) is 15.2. The standard InChI is InChI=1S/C38H48ClN3O7/c1-6-47-35(46)38-20-25(38)14-11-9-7-8-10-13-24(19-30(43)48-36(3,4)5)34(45)42-22-37(21-29(42)33(44)41-38)18-17-27-26-15-12-16-28(39)31(26)40-23(2)32(27)49-37/h11-12,14-16,24-25,29H,6-10,13,17-22H2,1-5H3,(H,41,44)/b14-11-/t24-,25-,29+,37-,38-/m1/s1. The molecule has 49 heavy (non-hydrogen) atoms. The van der Waals surface area contributed by atoms with Gasteiger partial charge in [0.1, 0.15) is 28.5 Å². The number of aryl methyl sites for hydroxylation is 2. The van der Waals surface area contributed by atoms with Gasteiger partial charge in [0.15, 0.2) is 0 Å². The first-order valence-electron chi connectivity index (χ1n) is 17.7. The number of amides is 2. The van der Waals surface area contributed by atoms with E-state index in [9.17, 15) is 19.2 Å². The lowest BCUT2D eigenvalue weighted by molar-refractivity contribution is -0.159. The van der Waals surface area contributed by atoms with Crippen molar-refractivity contribution in [2.75, 3.05) is 13.2 Å². The zero-order valence-corrected chi connectivity index (χ0v) is 30.0. The number of ether oxygens (including phenoxy) is 3. The van der Waals surface area contributed by atoms with Gasteiger partial charge in [0, 0.05) is 29.2 Å². The molecule has 2 fully saturated rings. The summed E-state index contributed by atoms with van der Waals surface area (Å²) in [7, 11) is 0. The fraction of sp³-hybridized carbons (Fsp3) is 0.605. The molecule has 0 bridgehead atoms. The van der Waals surface area contributed by atoms with Crippen LogP contribution in [0.5, 0.6) is 5.75 Å². The Hall–Kier alpha value is -3.66. The first-order chi connectivity index (χ1) is 23.3. The SMILES string of the molecule is CCOC(=O)[C@@]12C[C@H]1/C=C\CCCCC[C@H](CC(=O)OC(C)(C)C)C(=O)N1C[C@@]3(CCc4c(c(C)nc5c(Cl)cccc45)O3)C[C@H]1C(=O)N2. The van der Waals surface area contributed by atoms with Crippen molar-refractivity contribution in [2.24, 2.45) is 11.8 Å². The minimum atomic E-state index is -1.18. The Labute approximate surface area is 293 Å². The molecular formula is C38H48ClN3O7. The number of halogens is 1. The molecule has 0 radical (unpaired) electrons. The minimum absolute atomic E-state index is 0.0812.